The molecule has 0 aliphatic rings. The normalized spacial score (nSPS) is 10.4. The van der Waals surface area contributed by atoms with Crippen molar-refractivity contribution < 1.29 is 0 Å². The predicted molar refractivity (Wildman–Crippen MR) is 32.6 cm³/mol. The lowest BCUT2D eigenvalue weighted by atomic mass is 10.4. The summed E-state index contributed by atoms with van der Waals surface area (Å²) in [5.41, 5.74) is 0. The minimum Gasteiger partial charge on any atom is -0.324 e. The van der Waals surface area contributed by atoms with Gasteiger partial charge in [-0.15, -0.1) is 11.6 Å². The average molecular weight is 121 g/mol. The number of nitrogens with two attached hydrogens (primary N) is 1. The number of alkyl halides is 1. The van der Waals surface area contributed by atoms with Crippen molar-refractivity contribution in [3.63, 3.8) is 0 Å². The zero-order chi connectivity index (χ0) is 5.54. The smallest absolute Gasteiger partial charge is 0.0240 e. The molecule has 3 heteroatoms. The Balaban J connectivity index is 2.69. The number of nitrogens with zero attached hydrogens (tertiary/aromatic N) is 1. The lowest BCUT2D eigenvalue weighted by Crippen LogP contribution is -1.83. The van der Waals surface area contributed by atoms with Crippen molar-refractivity contribution in [2.75, 3.05) is 5.88 Å². The van der Waals surface area contributed by atoms with Crippen LogP contribution in [0, 0.1) is 0 Å². The van der Waals surface area contributed by atoms with Gasteiger partial charge in [-0.1, -0.05) is 0 Å². The lowest BCUT2D eigenvalue weighted by molar-refractivity contribution is 1.01. The van der Waals surface area contributed by atoms with E-state index in [2.05, 4.69) is 5.10 Å². The third-order valence-corrected chi connectivity index (χ3v) is 0.840. The van der Waals surface area contributed by atoms with Gasteiger partial charge >= 0.3 is 0 Å². The largest absolute Gasteiger partial charge is 0.324 e. The highest BCUT2D eigenvalue weighted by atomic mass is 35.5. The Morgan fingerprint density at radius 3 is 2.86 bits per heavy atom. The molecule has 7 heavy (non-hydrogen) atoms. The number of rotatable bonds is 3. The van der Waals surface area contributed by atoms with E-state index in [1.54, 1.807) is 6.21 Å². The average Bonchev–Trinajstić information content (AvgIpc) is 1.69. The summed E-state index contributed by atoms with van der Waals surface area (Å²) in [6.07, 6.45) is 3.50. The molecule has 0 aliphatic carbocycles. The van der Waals surface area contributed by atoms with Crippen LogP contribution < -0.4 is 5.84 Å². The first-order valence-electron chi connectivity index (χ1n) is 2.19. The number of hydrazone groups is 1. The zero-order valence-corrected chi connectivity index (χ0v) is 4.86. The van der Waals surface area contributed by atoms with Gasteiger partial charge in [0.05, 0.1) is 0 Å². The van der Waals surface area contributed by atoms with Crippen LogP contribution in [0.3, 0.4) is 0 Å². The Hall–Kier alpha value is -0.240. The van der Waals surface area contributed by atoms with Crippen LogP contribution in [-0.2, 0) is 0 Å². The van der Waals surface area contributed by atoms with Crippen LogP contribution in [0.5, 0.6) is 0 Å². The summed E-state index contributed by atoms with van der Waals surface area (Å²) in [5.74, 6) is 5.48. The van der Waals surface area contributed by atoms with Crippen LogP contribution in [0.4, 0.5) is 0 Å². The molecule has 0 radical (unpaired) electrons. The topological polar surface area (TPSA) is 38.4 Å². The molecule has 0 aromatic carbocycles. The van der Waals surface area contributed by atoms with E-state index in [4.69, 9.17) is 17.4 Å². The van der Waals surface area contributed by atoms with Crippen molar-refractivity contribution in [1.29, 1.82) is 0 Å². The highest BCUT2D eigenvalue weighted by molar-refractivity contribution is 6.17. The molecule has 42 valence electrons. The molecule has 0 spiro atoms. The third kappa shape index (κ3) is 5.76. The molecule has 0 aromatic rings. The molecular weight excluding hydrogens is 112 g/mol. The summed E-state index contributed by atoms with van der Waals surface area (Å²) in [5, 5.41) is 3.29. The first-order chi connectivity index (χ1) is 3.41. The van der Waals surface area contributed by atoms with Gasteiger partial charge in [-0.2, -0.15) is 5.10 Å². The first kappa shape index (κ1) is 6.76. The lowest BCUT2D eigenvalue weighted by Gasteiger charge is -1.81. The number of hydrogen-bond acceptors (Lipinski definition) is 2. The van der Waals surface area contributed by atoms with Crippen molar-refractivity contribution in [3.8, 4) is 0 Å². The van der Waals surface area contributed by atoms with Gasteiger partial charge in [0.25, 0.3) is 0 Å². The summed E-state index contributed by atoms with van der Waals surface area (Å²) in [7, 11) is 0. The molecule has 2 N–H and O–H groups in total. The van der Waals surface area contributed by atoms with Crippen LogP contribution in [0.1, 0.15) is 12.8 Å². The quantitative estimate of drug-likeness (QED) is 0.195. The minimum atomic E-state index is 0.687. The van der Waals surface area contributed by atoms with Crippen molar-refractivity contribution >= 4 is 17.8 Å². The van der Waals surface area contributed by atoms with Gasteiger partial charge in [-0.25, -0.2) is 0 Å². The second kappa shape index (κ2) is 5.76. The van der Waals surface area contributed by atoms with Gasteiger partial charge in [-0.3, -0.25) is 0 Å². The number of unbranched alkanes of at least 4 members (excludes halogenated alkanes) is 1. The van der Waals surface area contributed by atoms with Crippen LogP contribution in [0.2, 0.25) is 0 Å². The van der Waals surface area contributed by atoms with E-state index in [1.165, 1.54) is 0 Å². The van der Waals surface area contributed by atoms with E-state index >= 15 is 0 Å². The van der Waals surface area contributed by atoms with E-state index in [1.807, 2.05) is 0 Å². The van der Waals surface area contributed by atoms with E-state index in [9.17, 15) is 0 Å². The second-order valence-electron chi connectivity index (χ2n) is 1.16. The van der Waals surface area contributed by atoms with Crippen LogP contribution in [-0.4, -0.2) is 12.1 Å². The van der Waals surface area contributed by atoms with Crippen LogP contribution in [0.25, 0.3) is 0 Å². The molecule has 0 saturated carbocycles. The highest BCUT2D eigenvalue weighted by Crippen LogP contribution is 1.86. The SMILES string of the molecule is NN=CCCCCl. The minimum absolute atomic E-state index is 0.687. The molecule has 0 fully saturated rings. The predicted octanol–water partition coefficient (Wildman–Crippen LogP) is 0.950. The second-order valence-corrected chi connectivity index (χ2v) is 1.54. The van der Waals surface area contributed by atoms with Gasteiger partial charge < -0.3 is 5.84 Å². The van der Waals surface area contributed by atoms with Crippen molar-refractivity contribution in [1.82, 2.24) is 0 Å². The third-order valence-electron chi connectivity index (χ3n) is 0.572. The summed E-state index contributed by atoms with van der Waals surface area (Å²) in [6.45, 7) is 0. The van der Waals surface area contributed by atoms with Gasteiger partial charge in [0.1, 0.15) is 0 Å². The Kier molecular flexibility index (Phi) is 5.56. The van der Waals surface area contributed by atoms with Crippen molar-refractivity contribution in [2.45, 2.75) is 12.8 Å². The summed E-state index contributed by atoms with van der Waals surface area (Å²) < 4.78 is 0. The maximum atomic E-state index is 5.33. The number of halogens is 1. The maximum Gasteiger partial charge on any atom is 0.0240 e. The highest BCUT2D eigenvalue weighted by Gasteiger charge is 1.76. The molecule has 0 rings (SSSR count). The molecule has 0 bridgehead atoms. The molecule has 0 aromatic heterocycles. The fourth-order valence-electron chi connectivity index (χ4n) is 0.243. The Labute approximate surface area is 48.3 Å². The summed E-state index contributed by atoms with van der Waals surface area (Å²) in [4.78, 5) is 0. The van der Waals surface area contributed by atoms with Crippen LogP contribution in [0.15, 0.2) is 5.10 Å². The van der Waals surface area contributed by atoms with E-state index in [0.29, 0.717) is 5.88 Å². The van der Waals surface area contributed by atoms with E-state index < -0.39 is 0 Å². The Morgan fingerprint density at radius 2 is 2.43 bits per heavy atom. The van der Waals surface area contributed by atoms with E-state index in [0.717, 1.165) is 12.8 Å². The van der Waals surface area contributed by atoms with Gasteiger partial charge in [0, 0.05) is 12.1 Å². The fraction of sp³-hybridized carbons (Fsp3) is 0.750. The molecule has 0 atom stereocenters. The molecule has 2 nitrogen and oxygen atoms in total. The summed E-state index contributed by atoms with van der Waals surface area (Å²) >= 11 is 5.33. The van der Waals surface area contributed by atoms with Crippen LogP contribution >= 0.6 is 11.6 Å². The molecule has 0 aliphatic heterocycles. The van der Waals surface area contributed by atoms with Gasteiger partial charge in [0.2, 0.25) is 0 Å². The zero-order valence-electron chi connectivity index (χ0n) is 4.10. The molecular formula is C4H9ClN2. The van der Waals surface area contributed by atoms with Crippen molar-refractivity contribution in [2.24, 2.45) is 10.9 Å². The fourth-order valence-corrected chi connectivity index (χ4v) is 0.397. The van der Waals surface area contributed by atoms with Gasteiger partial charge in [0.15, 0.2) is 0 Å². The molecule has 0 amide bonds. The maximum absolute atomic E-state index is 5.33. The van der Waals surface area contributed by atoms with E-state index in [-0.39, 0.29) is 0 Å². The Morgan fingerprint density at radius 1 is 1.71 bits per heavy atom. The molecule has 0 unspecified atom stereocenters. The number of hydrogen-bond donors (Lipinski definition) is 1. The standard InChI is InChI=1S/C4H9ClN2/c5-3-1-2-4-7-6/h4H,1-3,6H2. The first-order valence-corrected chi connectivity index (χ1v) is 2.73. The molecule has 0 heterocycles. The molecule has 0 saturated heterocycles. The van der Waals surface area contributed by atoms with Crippen molar-refractivity contribution in [3.05, 3.63) is 0 Å². The summed E-state index contributed by atoms with van der Waals surface area (Å²) in [6, 6.07) is 0. The monoisotopic (exact) mass is 120 g/mol. The van der Waals surface area contributed by atoms with Gasteiger partial charge in [-0.05, 0) is 12.8 Å². The Bertz CT molecular complexity index is 53.7.